The first-order chi connectivity index (χ1) is 14.1. The van der Waals surface area contributed by atoms with Crippen LogP contribution in [0, 0.1) is 11.7 Å². The molecule has 1 heterocycles. The van der Waals surface area contributed by atoms with Gasteiger partial charge in [0, 0.05) is 11.8 Å². The number of nitrogens with zero attached hydrogens (tertiary/aromatic N) is 2. The predicted molar refractivity (Wildman–Crippen MR) is 114 cm³/mol. The third-order valence-electron chi connectivity index (χ3n) is 4.24. The van der Waals surface area contributed by atoms with E-state index in [0.717, 1.165) is 17.0 Å². The minimum atomic E-state index is -3.35. The van der Waals surface area contributed by atoms with Crippen LogP contribution in [-0.4, -0.2) is 31.1 Å². The lowest BCUT2D eigenvalue weighted by molar-refractivity contribution is 0.267. The summed E-state index contributed by atoms with van der Waals surface area (Å²) in [5.74, 6) is -0.384. The van der Waals surface area contributed by atoms with Gasteiger partial charge in [0.2, 0.25) is 0 Å². The fourth-order valence-electron chi connectivity index (χ4n) is 2.72. The summed E-state index contributed by atoms with van der Waals surface area (Å²) < 4.78 is 43.8. The van der Waals surface area contributed by atoms with Crippen LogP contribution < -0.4 is 10.3 Å². The minimum absolute atomic E-state index is 0.0613. The van der Waals surface area contributed by atoms with Crippen molar-refractivity contribution in [2.45, 2.75) is 18.7 Å². The largest absolute Gasteiger partial charge is 0.487 e. The normalized spacial score (nSPS) is 11.7. The molecular formula is C21H20ClFN2O4S. The number of benzene rings is 2. The fourth-order valence-corrected chi connectivity index (χ4v) is 3.52. The van der Waals surface area contributed by atoms with Gasteiger partial charge in [-0.2, -0.15) is 9.78 Å². The van der Waals surface area contributed by atoms with Crippen molar-refractivity contribution in [1.82, 2.24) is 9.78 Å². The van der Waals surface area contributed by atoms with Crippen LogP contribution in [0.2, 0.25) is 5.02 Å². The molecule has 1 aromatic heterocycles. The SMILES string of the molecule is CC(C)COc1c(-c2ccc(S(C)(=O)=O)cc2)cnn(-c2ccc(F)c(Cl)c2)c1=O. The van der Waals surface area contributed by atoms with Gasteiger partial charge in [-0.25, -0.2) is 12.8 Å². The molecule has 0 fully saturated rings. The van der Waals surface area contributed by atoms with Gasteiger partial charge in [-0.05, 0) is 41.8 Å². The molecule has 0 aliphatic heterocycles. The summed E-state index contributed by atoms with van der Waals surface area (Å²) >= 11 is 5.84. The van der Waals surface area contributed by atoms with Crippen LogP contribution in [0.25, 0.3) is 16.8 Å². The summed E-state index contributed by atoms with van der Waals surface area (Å²) in [6.07, 6.45) is 2.57. The minimum Gasteiger partial charge on any atom is -0.487 e. The Balaban J connectivity index is 2.14. The fraction of sp³-hybridized carbons (Fsp3) is 0.238. The topological polar surface area (TPSA) is 78.3 Å². The van der Waals surface area contributed by atoms with Crippen LogP contribution in [0.1, 0.15) is 13.8 Å². The number of hydrogen-bond donors (Lipinski definition) is 0. The lowest BCUT2D eigenvalue weighted by Crippen LogP contribution is -2.24. The second kappa shape index (κ2) is 8.57. The monoisotopic (exact) mass is 450 g/mol. The van der Waals surface area contributed by atoms with Crippen molar-refractivity contribution >= 4 is 21.4 Å². The maximum absolute atomic E-state index is 13.5. The smallest absolute Gasteiger partial charge is 0.314 e. The van der Waals surface area contributed by atoms with Gasteiger partial charge >= 0.3 is 5.56 Å². The quantitative estimate of drug-likeness (QED) is 0.564. The Morgan fingerprint density at radius 1 is 1.17 bits per heavy atom. The van der Waals surface area contributed by atoms with E-state index in [4.69, 9.17) is 16.3 Å². The predicted octanol–water partition coefficient (Wildman–Crippen LogP) is 4.13. The standard InChI is InChI=1S/C21H20ClFN2O4S/c1-13(2)12-29-20-17(14-4-7-16(8-5-14)30(3,27)28)11-24-25(21(20)26)15-6-9-19(23)18(22)10-15/h4-11,13H,12H2,1-3H3. The van der Waals surface area contributed by atoms with Crippen molar-refractivity contribution in [2.75, 3.05) is 12.9 Å². The maximum atomic E-state index is 13.5. The van der Waals surface area contributed by atoms with E-state index >= 15 is 0 Å². The average molecular weight is 451 g/mol. The summed E-state index contributed by atoms with van der Waals surface area (Å²) in [7, 11) is -3.35. The Morgan fingerprint density at radius 3 is 2.40 bits per heavy atom. The van der Waals surface area contributed by atoms with E-state index in [0.29, 0.717) is 16.8 Å². The molecule has 0 unspecified atom stereocenters. The van der Waals surface area contributed by atoms with Gasteiger partial charge in [0.05, 0.1) is 28.4 Å². The molecule has 3 aromatic rings. The Bertz CT molecular complexity index is 1240. The lowest BCUT2D eigenvalue weighted by Gasteiger charge is -2.15. The van der Waals surface area contributed by atoms with Crippen molar-refractivity contribution < 1.29 is 17.5 Å². The number of halogens is 2. The summed E-state index contributed by atoms with van der Waals surface area (Å²) in [5, 5.41) is 4.05. The van der Waals surface area contributed by atoms with Gasteiger partial charge < -0.3 is 4.74 Å². The van der Waals surface area contributed by atoms with Crippen LogP contribution in [-0.2, 0) is 9.84 Å². The second-order valence-corrected chi connectivity index (χ2v) is 9.63. The Kier molecular flexibility index (Phi) is 6.28. The van der Waals surface area contributed by atoms with E-state index < -0.39 is 21.2 Å². The number of sulfone groups is 1. The van der Waals surface area contributed by atoms with Gasteiger partial charge in [0.15, 0.2) is 15.6 Å². The summed E-state index contributed by atoms with van der Waals surface area (Å²) in [5.41, 5.74) is 0.753. The van der Waals surface area contributed by atoms with Crippen LogP contribution in [0.3, 0.4) is 0 Å². The van der Waals surface area contributed by atoms with Gasteiger partial charge in [-0.15, -0.1) is 0 Å². The number of ether oxygens (including phenoxy) is 1. The molecular weight excluding hydrogens is 431 g/mol. The van der Waals surface area contributed by atoms with Crippen LogP contribution in [0.15, 0.2) is 58.4 Å². The molecule has 9 heteroatoms. The summed E-state index contributed by atoms with van der Waals surface area (Å²) in [4.78, 5) is 13.3. The lowest BCUT2D eigenvalue weighted by atomic mass is 10.1. The van der Waals surface area contributed by atoms with E-state index in [-0.39, 0.29) is 28.2 Å². The molecule has 30 heavy (non-hydrogen) atoms. The molecule has 0 amide bonds. The summed E-state index contributed by atoms with van der Waals surface area (Å²) in [6, 6.07) is 9.95. The van der Waals surface area contributed by atoms with Crippen molar-refractivity contribution in [3.05, 3.63) is 69.9 Å². The third-order valence-corrected chi connectivity index (χ3v) is 5.65. The molecule has 0 aliphatic rings. The number of hydrogen-bond acceptors (Lipinski definition) is 5. The molecule has 0 N–H and O–H groups in total. The van der Waals surface area contributed by atoms with Gasteiger partial charge in [0.1, 0.15) is 5.82 Å². The van der Waals surface area contributed by atoms with E-state index in [1.807, 2.05) is 13.8 Å². The zero-order valence-electron chi connectivity index (χ0n) is 16.6. The molecule has 0 saturated carbocycles. The third kappa shape index (κ3) is 4.71. The second-order valence-electron chi connectivity index (χ2n) is 7.20. The van der Waals surface area contributed by atoms with E-state index in [9.17, 15) is 17.6 Å². The van der Waals surface area contributed by atoms with Gasteiger partial charge in [0.25, 0.3) is 0 Å². The number of aromatic nitrogens is 2. The Morgan fingerprint density at radius 2 is 1.83 bits per heavy atom. The molecule has 0 atom stereocenters. The van der Waals surface area contributed by atoms with Crippen LogP contribution in [0.4, 0.5) is 4.39 Å². The van der Waals surface area contributed by atoms with Gasteiger partial charge in [-0.3, -0.25) is 4.79 Å². The van der Waals surface area contributed by atoms with Crippen molar-refractivity contribution in [2.24, 2.45) is 5.92 Å². The van der Waals surface area contributed by atoms with Gasteiger partial charge in [-0.1, -0.05) is 37.6 Å². The first kappa shape index (κ1) is 22.0. The molecule has 0 bridgehead atoms. The first-order valence-corrected chi connectivity index (χ1v) is 11.4. The summed E-state index contributed by atoms with van der Waals surface area (Å²) in [6.45, 7) is 4.18. The highest BCUT2D eigenvalue weighted by Crippen LogP contribution is 2.28. The van der Waals surface area contributed by atoms with E-state index in [1.165, 1.54) is 30.5 Å². The van der Waals surface area contributed by atoms with Crippen molar-refractivity contribution in [1.29, 1.82) is 0 Å². The number of rotatable bonds is 6. The van der Waals surface area contributed by atoms with Crippen molar-refractivity contribution in [3.63, 3.8) is 0 Å². The molecule has 0 aliphatic carbocycles. The first-order valence-electron chi connectivity index (χ1n) is 9.09. The molecule has 2 aromatic carbocycles. The molecule has 0 radical (unpaired) electrons. The molecule has 3 rings (SSSR count). The van der Waals surface area contributed by atoms with Crippen LogP contribution in [0.5, 0.6) is 5.75 Å². The average Bonchev–Trinajstić information content (AvgIpc) is 2.68. The molecule has 6 nitrogen and oxygen atoms in total. The maximum Gasteiger partial charge on any atom is 0.314 e. The molecule has 0 saturated heterocycles. The Labute approximate surface area is 178 Å². The van der Waals surface area contributed by atoms with E-state index in [1.54, 1.807) is 12.1 Å². The highest BCUT2D eigenvalue weighted by Gasteiger charge is 2.18. The highest BCUT2D eigenvalue weighted by molar-refractivity contribution is 7.90. The molecule has 0 spiro atoms. The van der Waals surface area contributed by atoms with Crippen LogP contribution >= 0.6 is 11.6 Å². The molecule has 158 valence electrons. The van der Waals surface area contributed by atoms with Crippen molar-refractivity contribution in [3.8, 4) is 22.6 Å². The zero-order chi connectivity index (χ0) is 22.1. The highest BCUT2D eigenvalue weighted by atomic mass is 35.5. The van der Waals surface area contributed by atoms with E-state index in [2.05, 4.69) is 5.10 Å². The Hall–Kier alpha value is -2.71. The zero-order valence-corrected chi connectivity index (χ0v) is 18.2.